The van der Waals surface area contributed by atoms with E-state index in [0.29, 0.717) is 26.2 Å². The first-order valence-electron chi connectivity index (χ1n) is 9.91. The lowest BCUT2D eigenvalue weighted by atomic mass is 10.1. The van der Waals surface area contributed by atoms with E-state index in [1.165, 1.54) is 0 Å². The normalized spacial score (nSPS) is 10.4. The van der Waals surface area contributed by atoms with Crippen molar-refractivity contribution in [3.8, 4) is 22.6 Å². The highest BCUT2D eigenvalue weighted by molar-refractivity contribution is 5.81. The molecule has 6 heteroatoms. The molecular formula is C24H28O6. The topological polar surface area (TPSA) is 71.1 Å². The molecule has 0 spiro atoms. The number of benzene rings is 2. The molecule has 0 heterocycles. The highest BCUT2D eigenvalue weighted by Crippen LogP contribution is 2.24. The minimum atomic E-state index is -0.426. The first-order valence-corrected chi connectivity index (χ1v) is 9.91. The Balaban J connectivity index is 1.74. The van der Waals surface area contributed by atoms with E-state index in [-0.39, 0.29) is 18.5 Å². The summed E-state index contributed by atoms with van der Waals surface area (Å²) >= 11 is 0. The van der Waals surface area contributed by atoms with Crippen molar-refractivity contribution >= 4 is 11.9 Å². The average molecular weight is 412 g/mol. The summed E-state index contributed by atoms with van der Waals surface area (Å²) in [5.74, 6) is 0.687. The molecule has 0 saturated carbocycles. The van der Waals surface area contributed by atoms with Crippen LogP contribution >= 0.6 is 0 Å². The van der Waals surface area contributed by atoms with E-state index in [1.54, 1.807) is 13.8 Å². The molecule has 0 bridgehead atoms. The van der Waals surface area contributed by atoms with Gasteiger partial charge in [-0.15, -0.1) is 0 Å². The van der Waals surface area contributed by atoms with Gasteiger partial charge in [-0.1, -0.05) is 44.7 Å². The second kappa shape index (κ2) is 12.3. The highest BCUT2D eigenvalue weighted by Gasteiger charge is 2.07. The van der Waals surface area contributed by atoms with Gasteiger partial charge in [0, 0.05) is 12.5 Å². The lowest BCUT2D eigenvalue weighted by Crippen LogP contribution is -2.16. The Hall–Kier alpha value is -3.28. The van der Waals surface area contributed by atoms with E-state index < -0.39 is 5.97 Å². The second-order valence-electron chi connectivity index (χ2n) is 6.79. The molecule has 160 valence electrons. The number of hydrogen-bond donors (Lipinski definition) is 0. The number of ether oxygens (including phenoxy) is 4. The SMILES string of the molecule is C=CC(=O)OCCCOc1ccc(-c2ccc(OCCOC(=O)C(C)C)cc2)cc1. The van der Waals surface area contributed by atoms with E-state index in [9.17, 15) is 9.59 Å². The largest absolute Gasteiger partial charge is 0.493 e. The van der Waals surface area contributed by atoms with Crippen LogP contribution in [0.25, 0.3) is 11.1 Å². The van der Waals surface area contributed by atoms with E-state index >= 15 is 0 Å². The predicted molar refractivity (Wildman–Crippen MR) is 114 cm³/mol. The molecule has 2 aromatic carbocycles. The van der Waals surface area contributed by atoms with Crippen LogP contribution < -0.4 is 9.47 Å². The molecule has 0 saturated heterocycles. The molecule has 0 amide bonds. The summed E-state index contributed by atoms with van der Waals surface area (Å²) in [6.07, 6.45) is 1.75. The molecule has 0 unspecified atom stereocenters. The Bertz CT molecular complexity index is 809. The molecular weight excluding hydrogens is 384 g/mol. The highest BCUT2D eigenvalue weighted by atomic mass is 16.6. The van der Waals surface area contributed by atoms with Gasteiger partial charge in [-0.2, -0.15) is 0 Å². The van der Waals surface area contributed by atoms with Gasteiger partial charge in [0.25, 0.3) is 0 Å². The van der Waals surface area contributed by atoms with Gasteiger partial charge < -0.3 is 18.9 Å². The van der Waals surface area contributed by atoms with Gasteiger partial charge in [-0.05, 0) is 35.4 Å². The standard InChI is InChI=1S/C24H28O6/c1-4-23(25)29-15-5-14-27-21-10-6-19(7-11-21)20-8-12-22(13-9-20)28-16-17-30-24(26)18(2)3/h4,6-13,18H,1,5,14-17H2,2-3H3. The summed E-state index contributed by atoms with van der Waals surface area (Å²) in [7, 11) is 0. The molecule has 0 aliphatic heterocycles. The zero-order chi connectivity index (χ0) is 21.8. The first kappa shape index (κ1) is 23.0. The Morgan fingerprint density at radius 2 is 1.33 bits per heavy atom. The maximum absolute atomic E-state index is 11.4. The van der Waals surface area contributed by atoms with E-state index in [2.05, 4.69) is 6.58 Å². The third kappa shape index (κ3) is 7.99. The van der Waals surface area contributed by atoms with Gasteiger partial charge in [0.1, 0.15) is 24.7 Å². The van der Waals surface area contributed by atoms with E-state index in [0.717, 1.165) is 28.7 Å². The molecule has 2 rings (SSSR count). The molecule has 0 atom stereocenters. The third-order valence-corrected chi connectivity index (χ3v) is 4.08. The lowest BCUT2D eigenvalue weighted by molar-refractivity contribution is -0.148. The fraction of sp³-hybridized carbons (Fsp3) is 0.333. The molecule has 0 N–H and O–H groups in total. The van der Waals surface area contributed by atoms with Crippen LogP contribution in [0.4, 0.5) is 0 Å². The Morgan fingerprint density at radius 3 is 1.83 bits per heavy atom. The Kier molecular flexibility index (Phi) is 9.45. The predicted octanol–water partition coefficient (Wildman–Crippen LogP) is 4.43. The van der Waals surface area contributed by atoms with E-state index in [1.807, 2.05) is 48.5 Å². The van der Waals surface area contributed by atoms with Gasteiger partial charge in [-0.25, -0.2) is 4.79 Å². The maximum atomic E-state index is 11.4. The van der Waals surface area contributed by atoms with Crippen molar-refractivity contribution in [3.63, 3.8) is 0 Å². The number of hydrogen-bond acceptors (Lipinski definition) is 6. The summed E-state index contributed by atoms with van der Waals surface area (Å²) in [4.78, 5) is 22.3. The number of carbonyl (C=O) groups excluding carboxylic acids is 2. The minimum absolute atomic E-state index is 0.136. The minimum Gasteiger partial charge on any atom is -0.493 e. The Morgan fingerprint density at radius 1 is 0.800 bits per heavy atom. The maximum Gasteiger partial charge on any atom is 0.330 e. The quantitative estimate of drug-likeness (QED) is 0.292. The van der Waals surface area contributed by atoms with Crippen LogP contribution in [0.2, 0.25) is 0 Å². The Labute approximate surface area is 177 Å². The molecule has 30 heavy (non-hydrogen) atoms. The van der Waals surface area contributed by atoms with Crippen molar-refractivity contribution in [2.24, 2.45) is 5.92 Å². The molecule has 0 radical (unpaired) electrons. The van der Waals surface area contributed by atoms with Crippen molar-refractivity contribution in [1.29, 1.82) is 0 Å². The molecule has 0 fully saturated rings. The van der Waals surface area contributed by atoms with Crippen LogP contribution in [0.15, 0.2) is 61.2 Å². The molecule has 6 nitrogen and oxygen atoms in total. The summed E-state index contributed by atoms with van der Waals surface area (Å²) in [6.45, 7) is 8.25. The number of rotatable bonds is 12. The first-order chi connectivity index (χ1) is 14.5. The molecule has 2 aromatic rings. The average Bonchev–Trinajstić information content (AvgIpc) is 2.77. The van der Waals surface area contributed by atoms with Gasteiger partial charge in [0.2, 0.25) is 0 Å². The smallest absolute Gasteiger partial charge is 0.330 e. The van der Waals surface area contributed by atoms with Crippen LogP contribution in [-0.4, -0.2) is 38.4 Å². The molecule has 0 aliphatic rings. The third-order valence-electron chi connectivity index (χ3n) is 4.08. The summed E-state index contributed by atoms with van der Waals surface area (Å²) in [5, 5.41) is 0. The number of esters is 2. The van der Waals surface area contributed by atoms with Gasteiger partial charge in [0.05, 0.1) is 19.1 Å². The monoisotopic (exact) mass is 412 g/mol. The lowest BCUT2D eigenvalue weighted by Gasteiger charge is -2.10. The zero-order valence-corrected chi connectivity index (χ0v) is 17.5. The van der Waals surface area contributed by atoms with Crippen LogP contribution in [0.5, 0.6) is 11.5 Å². The van der Waals surface area contributed by atoms with Gasteiger partial charge >= 0.3 is 11.9 Å². The fourth-order valence-electron chi connectivity index (χ4n) is 2.44. The van der Waals surface area contributed by atoms with Crippen LogP contribution in [0.1, 0.15) is 20.3 Å². The zero-order valence-electron chi connectivity index (χ0n) is 17.5. The second-order valence-corrected chi connectivity index (χ2v) is 6.79. The fourth-order valence-corrected chi connectivity index (χ4v) is 2.44. The van der Waals surface area contributed by atoms with Crippen molar-refractivity contribution in [2.45, 2.75) is 20.3 Å². The van der Waals surface area contributed by atoms with Gasteiger partial charge in [-0.3, -0.25) is 4.79 Å². The molecule has 0 aromatic heterocycles. The van der Waals surface area contributed by atoms with E-state index in [4.69, 9.17) is 18.9 Å². The van der Waals surface area contributed by atoms with Crippen molar-refractivity contribution in [2.75, 3.05) is 26.4 Å². The van der Waals surface area contributed by atoms with Crippen LogP contribution in [0, 0.1) is 5.92 Å². The van der Waals surface area contributed by atoms with Gasteiger partial charge in [0.15, 0.2) is 0 Å². The van der Waals surface area contributed by atoms with Crippen LogP contribution in [0.3, 0.4) is 0 Å². The molecule has 0 aliphatic carbocycles. The summed E-state index contributed by atoms with van der Waals surface area (Å²) in [6, 6.07) is 15.5. The van der Waals surface area contributed by atoms with Crippen molar-refractivity contribution in [1.82, 2.24) is 0 Å². The van der Waals surface area contributed by atoms with Crippen molar-refractivity contribution in [3.05, 3.63) is 61.2 Å². The van der Waals surface area contributed by atoms with Crippen LogP contribution in [-0.2, 0) is 19.1 Å². The number of carbonyl (C=O) groups is 2. The van der Waals surface area contributed by atoms with Crippen molar-refractivity contribution < 1.29 is 28.5 Å². The summed E-state index contributed by atoms with van der Waals surface area (Å²) in [5.41, 5.74) is 2.11. The summed E-state index contributed by atoms with van der Waals surface area (Å²) < 4.78 is 21.2.